The van der Waals surface area contributed by atoms with E-state index in [-0.39, 0.29) is 17.9 Å². The third-order valence-electron chi connectivity index (χ3n) is 2.90. The number of methoxy groups -OCH3 is 1. The molecular weight excluding hydrogens is 240 g/mol. The summed E-state index contributed by atoms with van der Waals surface area (Å²) < 4.78 is 4.65. The molecule has 6 heteroatoms. The summed E-state index contributed by atoms with van der Waals surface area (Å²) in [5.41, 5.74) is 0. The first-order valence-electron chi connectivity index (χ1n) is 5.78. The van der Waals surface area contributed by atoms with Gasteiger partial charge in [0.05, 0.1) is 7.11 Å². The number of nitrogens with one attached hydrogen (secondary N) is 1. The molecule has 98 valence electrons. The number of piperidine rings is 1. The first kappa shape index (κ1) is 14.2. The number of amides is 2. The highest BCUT2D eigenvalue weighted by atomic mass is 32.2. The number of rotatable bonds is 4. The van der Waals surface area contributed by atoms with Gasteiger partial charge in [0.1, 0.15) is 0 Å². The molecule has 1 saturated heterocycles. The van der Waals surface area contributed by atoms with Crippen LogP contribution in [0, 0.1) is 5.92 Å². The second-order valence-corrected chi connectivity index (χ2v) is 5.00. The normalized spacial score (nSPS) is 16.7. The van der Waals surface area contributed by atoms with Crippen molar-refractivity contribution in [1.29, 1.82) is 0 Å². The average Bonchev–Trinajstić information content (AvgIpc) is 2.38. The quantitative estimate of drug-likeness (QED) is 0.764. The highest BCUT2D eigenvalue weighted by molar-refractivity contribution is 7.98. The zero-order valence-corrected chi connectivity index (χ0v) is 11.2. The lowest BCUT2D eigenvalue weighted by Crippen LogP contribution is -2.43. The summed E-state index contributed by atoms with van der Waals surface area (Å²) in [5, 5.41) is 2.92. The number of hydrogen-bond donors (Lipinski definition) is 1. The number of thioether (sulfide) groups is 1. The molecule has 1 rings (SSSR count). The largest absolute Gasteiger partial charge is 0.453 e. The fraction of sp³-hybridized carbons (Fsp3) is 0.818. The van der Waals surface area contributed by atoms with Crippen molar-refractivity contribution in [2.24, 2.45) is 5.92 Å². The van der Waals surface area contributed by atoms with E-state index in [2.05, 4.69) is 10.1 Å². The van der Waals surface area contributed by atoms with Gasteiger partial charge >= 0.3 is 6.09 Å². The van der Waals surface area contributed by atoms with Crippen molar-refractivity contribution in [3.63, 3.8) is 0 Å². The zero-order chi connectivity index (χ0) is 12.7. The smallest absolute Gasteiger partial charge is 0.409 e. The van der Waals surface area contributed by atoms with Crippen molar-refractivity contribution in [3.8, 4) is 0 Å². The van der Waals surface area contributed by atoms with Gasteiger partial charge in [0, 0.05) is 31.3 Å². The summed E-state index contributed by atoms with van der Waals surface area (Å²) in [7, 11) is 1.38. The molecule has 1 fully saturated rings. The molecule has 0 aromatic carbocycles. The van der Waals surface area contributed by atoms with E-state index in [1.165, 1.54) is 7.11 Å². The number of hydrogen-bond acceptors (Lipinski definition) is 4. The Labute approximate surface area is 106 Å². The van der Waals surface area contributed by atoms with Crippen molar-refractivity contribution in [2.75, 3.05) is 38.8 Å². The van der Waals surface area contributed by atoms with Gasteiger partial charge in [-0.05, 0) is 19.1 Å². The highest BCUT2D eigenvalue weighted by Gasteiger charge is 2.27. The van der Waals surface area contributed by atoms with E-state index in [1.54, 1.807) is 16.7 Å². The predicted molar refractivity (Wildman–Crippen MR) is 68.1 cm³/mol. The molecule has 0 saturated carbocycles. The van der Waals surface area contributed by atoms with Crippen molar-refractivity contribution < 1.29 is 14.3 Å². The average molecular weight is 260 g/mol. The number of carbonyl (C=O) groups excluding carboxylic acids is 2. The Kier molecular flexibility index (Phi) is 6.18. The van der Waals surface area contributed by atoms with Crippen LogP contribution in [-0.2, 0) is 9.53 Å². The van der Waals surface area contributed by atoms with Crippen molar-refractivity contribution in [2.45, 2.75) is 12.8 Å². The van der Waals surface area contributed by atoms with E-state index in [4.69, 9.17) is 0 Å². The molecule has 0 radical (unpaired) electrons. The van der Waals surface area contributed by atoms with E-state index in [9.17, 15) is 9.59 Å². The van der Waals surface area contributed by atoms with Crippen LogP contribution in [0.4, 0.5) is 4.79 Å². The van der Waals surface area contributed by atoms with Gasteiger partial charge in [0.2, 0.25) is 5.91 Å². The van der Waals surface area contributed by atoms with Crippen LogP contribution >= 0.6 is 11.8 Å². The molecule has 0 spiro atoms. The van der Waals surface area contributed by atoms with Gasteiger partial charge in [-0.25, -0.2) is 4.79 Å². The minimum Gasteiger partial charge on any atom is -0.453 e. The molecule has 2 amide bonds. The van der Waals surface area contributed by atoms with Gasteiger partial charge in [-0.3, -0.25) is 4.79 Å². The number of likely N-dealkylation sites (tertiary alicyclic amines) is 1. The van der Waals surface area contributed by atoms with E-state index >= 15 is 0 Å². The molecular formula is C11H20N2O3S. The summed E-state index contributed by atoms with van der Waals surface area (Å²) in [6.07, 6.45) is 3.16. The van der Waals surface area contributed by atoms with Crippen molar-refractivity contribution >= 4 is 23.8 Å². The fourth-order valence-corrected chi connectivity index (χ4v) is 2.18. The summed E-state index contributed by atoms with van der Waals surface area (Å²) >= 11 is 1.71. The van der Waals surface area contributed by atoms with Gasteiger partial charge in [0.25, 0.3) is 0 Å². The zero-order valence-electron chi connectivity index (χ0n) is 10.4. The van der Waals surface area contributed by atoms with Gasteiger partial charge < -0.3 is 15.0 Å². The maximum Gasteiger partial charge on any atom is 0.409 e. The van der Waals surface area contributed by atoms with Crippen LogP contribution in [0.25, 0.3) is 0 Å². The second kappa shape index (κ2) is 7.42. The molecule has 17 heavy (non-hydrogen) atoms. The molecule has 1 N–H and O–H groups in total. The lowest BCUT2D eigenvalue weighted by atomic mass is 9.96. The van der Waals surface area contributed by atoms with Crippen LogP contribution in [0.3, 0.4) is 0 Å². The third kappa shape index (κ3) is 4.46. The molecule has 0 bridgehead atoms. The van der Waals surface area contributed by atoms with Crippen LogP contribution in [0.1, 0.15) is 12.8 Å². The molecule has 0 aromatic heterocycles. The minimum atomic E-state index is -0.300. The Morgan fingerprint density at radius 1 is 1.41 bits per heavy atom. The lowest BCUT2D eigenvalue weighted by Gasteiger charge is -2.30. The minimum absolute atomic E-state index is 0.0396. The lowest BCUT2D eigenvalue weighted by molar-refractivity contribution is -0.126. The molecule has 1 heterocycles. The molecule has 1 aliphatic heterocycles. The SMILES string of the molecule is COC(=O)N1CCC(C(=O)NCCSC)CC1. The molecule has 0 unspecified atom stereocenters. The summed E-state index contributed by atoms with van der Waals surface area (Å²) in [6, 6.07) is 0. The van der Waals surface area contributed by atoms with Crippen molar-refractivity contribution in [3.05, 3.63) is 0 Å². The first-order valence-corrected chi connectivity index (χ1v) is 7.18. The number of carbonyl (C=O) groups is 2. The number of ether oxygens (including phenoxy) is 1. The Hall–Kier alpha value is -0.910. The second-order valence-electron chi connectivity index (χ2n) is 4.02. The Morgan fingerprint density at radius 3 is 2.59 bits per heavy atom. The standard InChI is InChI=1S/C11H20N2O3S/c1-16-11(15)13-6-3-9(4-7-13)10(14)12-5-8-17-2/h9H,3-8H2,1-2H3,(H,12,14). The fourth-order valence-electron chi connectivity index (χ4n) is 1.87. The predicted octanol–water partition coefficient (Wildman–Crippen LogP) is 0.944. The summed E-state index contributed by atoms with van der Waals surface area (Å²) in [6.45, 7) is 1.93. The van der Waals surface area contributed by atoms with Gasteiger partial charge in [-0.2, -0.15) is 11.8 Å². The topological polar surface area (TPSA) is 58.6 Å². The molecule has 0 aromatic rings. The van der Waals surface area contributed by atoms with E-state index in [0.717, 1.165) is 25.1 Å². The first-order chi connectivity index (χ1) is 8.19. The van der Waals surface area contributed by atoms with Crippen LogP contribution in [0.2, 0.25) is 0 Å². The van der Waals surface area contributed by atoms with E-state index < -0.39 is 0 Å². The molecule has 5 nitrogen and oxygen atoms in total. The Bertz CT molecular complexity index is 265. The highest BCUT2D eigenvalue weighted by Crippen LogP contribution is 2.17. The maximum absolute atomic E-state index is 11.8. The van der Waals surface area contributed by atoms with Crippen LogP contribution in [0.5, 0.6) is 0 Å². The monoisotopic (exact) mass is 260 g/mol. The molecule has 0 aliphatic carbocycles. The van der Waals surface area contributed by atoms with Gasteiger partial charge in [-0.15, -0.1) is 0 Å². The molecule has 1 aliphatic rings. The van der Waals surface area contributed by atoms with Crippen molar-refractivity contribution in [1.82, 2.24) is 10.2 Å². The molecule has 0 atom stereocenters. The van der Waals surface area contributed by atoms with Gasteiger partial charge in [-0.1, -0.05) is 0 Å². The third-order valence-corrected chi connectivity index (χ3v) is 3.52. The number of nitrogens with zero attached hydrogens (tertiary/aromatic N) is 1. The summed E-state index contributed by atoms with van der Waals surface area (Å²) in [5.74, 6) is 1.09. The maximum atomic E-state index is 11.8. The van der Waals surface area contributed by atoms with E-state index in [1.807, 2.05) is 6.26 Å². The van der Waals surface area contributed by atoms with Crippen LogP contribution < -0.4 is 5.32 Å². The van der Waals surface area contributed by atoms with Crippen LogP contribution in [0.15, 0.2) is 0 Å². The van der Waals surface area contributed by atoms with Crippen LogP contribution in [-0.4, -0.2) is 55.7 Å². The summed E-state index contributed by atoms with van der Waals surface area (Å²) in [4.78, 5) is 24.7. The van der Waals surface area contributed by atoms with Gasteiger partial charge in [0.15, 0.2) is 0 Å². The Balaban J connectivity index is 2.26. The Morgan fingerprint density at radius 2 is 2.06 bits per heavy atom. The van der Waals surface area contributed by atoms with E-state index in [0.29, 0.717) is 13.1 Å².